The summed E-state index contributed by atoms with van der Waals surface area (Å²) in [6.45, 7) is 4.11. The molecule has 0 atom stereocenters. The average Bonchev–Trinajstić information content (AvgIpc) is 3.18. The lowest BCUT2D eigenvalue weighted by Crippen LogP contribution is -2.24. The number of thiophene rings is 1. The third kappa shape index (κ3) is 3.41. The molecular formula is C16H15N5O3S. The van der Waals surface area contributed by atoms with Gasteiger partial charge in [0.1, 0.15) is 0 Å². The van der Waals surface area contributed by atoms with E-state index in [0.29, 0.717) is 17.9 Å². The fourth-order valence-corrected chi connectivity index (χ4v) is 3.20. The maximum Gasteiger partial charge on any atom is 0.274 e. The number of nitrogens with zero attached hydrogens (tertiary/aromatic N) is 4. The number of aryl methyl sites for hydroxylation is 1. The smallest absolute Gasteiger partial charge is 0.274 e. The van der Waals surface area contributed by atoms with Gasteiger partial charge in [0.15, 0.2) is 5.69 Å². The van der Waals surface area contributed by atoms with E-state index in [2.05, 4.69) is 15.6 Å². The molecule has 0 aliphatic carbocycles. The van der Waals surface area contributed by atoms with Crippen molar-refractivity contribution in [2.75, 3.05) is 0 Å². The maximum atomic E-state index is 12.4. The number of non-ortho nitro benzene ring substituents is 1. The molecule has 2 aromatic heterocycles. The Labute approximate surface area is 147 Å². The standard InChI is InChI=1S/C16H15N5O3S/c1-10-6-7-25-14(10)9-17-16(22)15-11(2)20(19-18-15)12-4-3-5-13(8-12)21(23)24/h3-8H,9H2,1-2H3,(H,17,22). The summed E-state index contributed by atoms with van der Waals surface area (Å²) in [5.41, 5.74) is 2.27. The van der Waals surface area contributed by atoms with Crippen LogP contribution in [0.3, 0.4) is 0 Å². The first-order valence-corrected chi connectivity index (χ1v) is 8.33. The van der Waals surface area contributed by atoms with Crippen LogP contribution in [0.2, 0.25) is 0 Å². The minimum absolute atomic E-state index is 0.0495. The number of carbonyl (C=O) groups excluding carboxylic acids is 1. The normalized spacial score (nSPS) is 10.6. The van der Waals surface area contributed by atoms with E-state index >= 15 is 0 Å². The molecule has 2 heterocycles. The van der Waals surface area contributed by atoms with Gasteiger partial charge in [-0.25, -0.2) is 4.68 Å². The Balaban J connectivity index is 1.81. The molecule has 0 spiro atoms. The number of amides is 1. The van der Waals surface area contributed by atoms with Gasteiger partial charge < -0.3 is 5.32 Å². The van der Waals surface area contributed by atoms with Crippen molar-refractivity contribution < 1.29 is 9.72 Å². The minimum atomic E-state index is -0.479. The molecule has 0 saturated carbocycles. The third-order valence-corrected chi connectivity index (χ3v) is 4.80. The van der Waals surface area contributed by atoms with E-state index in [9.17, 15) is 14.9 Å². The number of nitro groups is 1. The first kappa shape index (κ1) is 16.8. The summed E-state index contributed by atoms with van der Waals surface area (Å²) in [7, 11) is 0. The second-order valence-corrected chi connectivity index (χ2v) is 6.42. The topological polar surface area (TPSA) is 103 Å². The number of nitrogens with one attached hydrogen (secondary N) is 1. The molecular weight excluding hydrogens is 342 g/mol. The van der Waals surface area contributed by atoms with E-state index in [1.165, 1.54) is 16.8 Å². The molecule has 1 amide bonds. The number of rotatable bonds is 5. The van der Waals surface area contributed by atoms with Crippen LogP contribution < -0.4 is 5.32 Å². The highest BCUT2D eigenvalue weighted by atomic mass is 32.1. The highest BCUT2D eigenvalue weighted by Crippen LogP contribution is 2.19. The van der Waals surface area contributed by atoms with Gasteiger partial charge in [0.2, 0.25) is 0 Å². The summed E-state index contributed by atoms with van der Waals surface area (Å²) in [5.74, 6) is -0.331. The van der Waals surface area contributed by atoms with Crippen LogP contribution in [0.25, 0.3) is 5.69 Å². The molecule has 3 rings (SSSR count). The van der Waals surface area contributed by atoms with Crippen LogP contribution in [0, 0.1) is 24.0 Å². The largest absolute Gasteiger partial charge is 0.346 e. The summed E-state index contributed by atoms with van der Waals surface area (Å²) in [5, 5.41) is 23.6. The third-order valence-electron chi connectivity index (χ3n) is 3.77. The fourth-order valence-electron chi connectivity index (χ4n) is 2.35. The van der Waals surface area contributed by atoms with Crippen LogP contribution in [0.1, 0.15) is 26.6 Å². The highest BCUT2D eigenvalue weighted by molar-refractivity contribution is 7.10. The van der Waals surface area contributed by atoms with Crippen LogP contribution in [0.15, 0.2) is 35.7 Å². The fraction of sp³-hybridized carbons (Fsp3) is 0.188. The van der Waals surface area contributed by atoms with Crippen molar-refractivity contribution in [2.24, 2.45) is 0 Å². The second kappa shape index (κ2) is 6.81. The lowest BCUT2D eigenvalue weighted by molar-refractivity contribution is -0.384. The number of nitro benzene ring substituents is 1. The lowest BCUT2D eigenvalue weighted by Gasteiger charge is -2.05. The Hall–Kier alpha value is -3.07. The second-order valence-electron chi connectivity index (χ2n) is 5.42. The van der Waals surface area contributed by atoms with Gasteiger partial charge in [-0.1, -0.05) is 11.3 Å². The summed E-state index contributed by atoms with van der Waals surface area (Å²) in [4.78, 5) is 23.9. The number of hydrogen-bond donors (Lipinski definition) is 1. The Morgan fingerprint density at radius 3 is 2.84 bits per heavy atom. The van der Waals surface area contributed by atoms with Crippen LogP contribution in [0.4, 0.5) is 5.69 Å². The van der Waals surface area contributed by atoms with Crippen molar-refractivity contribution in [3.63, 3.8) is 0 Å². The zero-order valence-electron chi connectivity index (χ0n) is 13.6. The first-order chi connectivity index (χ1) is 12.0. The quantitative estimate of drug-likeness (QED) is 0.559. The van der Waals surface area contributed by atoms with Crippen molar-refractivity contribution in [2.45, 2.75) is 20.4 Å². The Morgan fingerprint density at radius 1 is 1.36 bits per heavy atom. The number of benzene rings is 1. The molecule has 25 heavy (non-hydrogen) atoms. The van der Waals surface area contributed by atoms with Gasteiger partial charge in [-0.2, -0.15) is 0 Å². The van der Waals surface area contributed by atoms with Crippen LogP contribution in [-0.2, 0) is 6.54 Å². The summed E-state index contributed by atoms with van der Waals surface area (Å²) in [6.07, 6.45) is 0. The molecule has 0 unspecified atom stereocenters. The Kier molecular flexibility index (Phi) is 4.57. The summed E-state index contributed by atoms with van der Waals surface area (Å²) < 4.78 is 1.41. The van der Waals surface area contributed by atoms with Gasteiger partial charge >= 0.3 is 0 Å². The number of hydrogen-bond acceptors (Lipinski definition) is 6. The number of carbonyl (C=O) groups is 1. The van der Waals surface area contributed by atoms with E-state index in [1.54, 1.807) is 30.4 Å². The molecule has 1 aromatic carbocycles. The molecule has 0 aliphatic heterocycles. The van der Waals surface area contributed by atoms with Gasteiger partial charge in [0.05, 0.1) is 22.8 Å². The first-order valence-electron chi connectivity index (χ1n) is 7.45. The monoisotopic (exact) mass is 357 g/mol. The van der Waals surface area contributed by atoms with Gasteiger partial charge in [-0.3, -0.25) is 14.9 Å². The summed E-state index contributed by atoms with van der Waals surface area (Å²) >= 11 is 1.58. The van der Waals surface area contributed by atoms with Crippen molar-refractivity contribution in [3.8, 4) is 5.69 Å². The molecule has 0 aliphatic rings. The lowest BCUT2D eigenvalue weighted by atomic mass is 10.2. The zero-order chi connectivity index (χ0) is 18.0. The predicted molar refractivity (Wildman–Crippen MR) is 93.0 cm³/mol. The molecule has 0 fully saturated rings. The van der Waals surface area contributed by atoms with Gasteiger partial charge in [0.25, 0.3) is 11.6 Å². The molecule has 128 valence electrons. The van der Waals surface area contributed by atoms with Crippen molar-refractivity contribution >= 4 is 22.9 Å². The van der Waals surface area contributed by atoms with Gasteiger partial charge in [-0.05, 0) is 36.9 Å². The van der Waals surface area contributed by atoms with E-state index in [4.69, 9.17) is 0 Å². The summed E-state index contributed by atoms with van der Waals surface area (Å²) in [6, 6.07) is 8.01. The van der Waals surface area contributed by atoms with Gasteiger partial charge in [-0.15, -0.1) is 16.4 Å². The zero-order valence-corrected chi connectivity index (χ0v) is 14.4. The number of aromatic nitrogens is 3. The predicted octanol–water partition coefficient (Wildman–Crippen LogP) is 2.78. The van der Waals surface area contributed by atoms with E-state index in [-0.39, 0.29) is 17.3 Å². The van der Waals surface area contributed by atoms with Crippen molar-refractivity contribution in [1.29, 1.82) is 0 Å². The molecule has 3 aromatic rings. The SMILES string of the molecule is Cc1ccsc1CNC(=O)c1nnn(-c2cccc([N+](=O)[O-])c2)c1C. The van der Waals surface area contributed by atoms with Crippen LogP contribution in [0.5, 0.6) is 0 Å². The van der Waals surface area contributed by atoms with E-state index in [1.807, 2.05) is 18.4 Å². The average molecular weight is 357 g/mol. The molecule has 0 radical (unpaired) electrons. The van der Waals surface area contributed by atoms with Crippen molar-refractivity contribution in [1.82, 2.24) is 20.3 Å². The van der Waals surface area contributed by atoms with E-state index < -0.39 is 4.92 Å². The van der Waals surface area contributed by atoms with Gasteiger partial charge in [0, 0.05) is 17.0 Å². The molecule has 9 heteroatoms. The highest BCUT2D eigenvalue weighted by Gasteiger charge is 2.18. The maximum absolute atomic E-state index is 12.4. The Morgan fingerprint density at radius 2 is 2.16 bits per heavy atom. The molecule has 8 nitrogen and oxygen atoms in total. The minimum Gasteiger partial charge on any atom is -0.346 e. The molecule has 0 saturated heterocycles. The van der Waals surface area contributed by atoms with Crippen molar-refractivity contribution in [3.05, 3.63) is 67.7 Å². The molecule has 1 N–H and O–H groups in total. The van der Waals surface area contributed by atoms with Crippen LogP contribution in [-0.4, -0.2) is 25.8 Å². The van der Waals surface area contributed by atoms with Crippen LogP contribution >= 0.6 is 11.3 Å². The van der Waals surface area contributed by atoms with E-state index in [0.717, 1.165) is 10.4 Å². The molecule has 0 bridgehead atoms. The Bertz CT molecular complexity index is 947.